The fourth-order valence-corrected chi connectivity index (χ4v) is 2.19. The fourth-order valence-electron chi connectivity index (χ4n) is 2.19. The zero-order valence-corrected chi connectivity index (χ0v) is 9.44. The van der Waals surface area contributed by atoms with Gasteiger partial charge in [-0.05, 0) is 19.4 Å². The minimum atomic E-state index is -2.89. The molecular formula is C13H14F2N2. The van der Waals surface area contributed by atoms with Crippen LogP contribution in [-0.2, 0) is 5.92 Å². The van der Waals surface area contributed by atoms with Crippen LogP contribution in [0.4, 0.5) is 8.78 Å². The van der Waals surface area contributed by atoms with E-state index in [4.69, 9.17) is 5.26 Å². The Balaban J connectivity index is 2.10. The van der Waals surface area contributed by atoms with Crippen molar-refractivity contribution in [3.63, 3.8) is 0 Å². The van der Waals surface area contributed by atoms with Gasteiger partial charge in [-0.3, -0.25) is 4.90 Å². The van der Waals surface area contributed by atoms with E-state index in [9.17, 15) is 8.78 Å². The second-order valence-electron chi connectivity index (χ2n) is 4.33. The fraction of sp³-hybridized carbons (Fsp3) is 0.462. The molecule has 0 aromatic heterocycles. The summed E-state index contributed by atoms with van der Waals surface area (Å²) in [5, 5.41) is 8.87. The summed E-state index contributed by atoms with van der Waals surface area (Å²) in [6.45, 7) is 0.218. The molecule has 1 aliphatic rings. The summed E-state index contributed by atoms with van der Waals surface area (Å²) in [5.74, 6) is -2.89. The standard InChI is InChI=1S/C13H14F2N2/c14-13(15,11-5-2-1-3-6-11)10-17-8-4-7-12(17)9-16/h1-3,5-6,12H,4,7-8,10H2. The van der Waals surface area contributed by atoms with Crippen LogP contribution in [0.2, 0.25) is 0 Å². The molecule has 0 spiro atoms. The maximum absolute atomic E-state index is 14.0. The molecule has 1 aromatic carbocycles. The number of alkyl halides is 2. The quantitative estimate of drug-likeness (QED) is 0.806. The molecular weight excluding hydrogens is 222 g/mol. The summed E-state index contributed by atoms with van der Waals surface area (Å²) in [4.78, 5) is 1.58. The second kappa shape index (κ2) is 4.80. The van der Waals surface area contributed by atoms with E-state index in [0.29, 0.717) is 13.0 Å². The molecule has 1 atom stereocenters. The Kier molecular flexibility index (Phi) is 3.39. The first-order chi connectivity index (χ1) is 8.13. The summed E-state index contributed by atoms with van der Waals surface area (Å²) in [7, 11) is 0. The number of nitrogens with zero attached hydrogens (tertiary/aromatic N) is 2. The molecule has 90 valence electrons. The smallest absolute Gasteiger partial charge is 0.282 e. The third kappa shape index (κ3) is 2.62. The van der Waals surface area contributed by atoms with Crippen molar-refractivity contribution in [2.45, 2.75) is 24.8 Å². The molecule has 1 unspecified atom stereocenters. The molecule has 0 bridgehead atoms. The van der Waals surface area contributed by atoms with Crippen molar-refractivity contribution in [1.82, 2.24) is 4.90 Å². The highest BCUT2D eigenvalue weighted by atomic mass is 19.3. The first-order valence-electron chi connectivity index (χ1n) is 5.70. The topological polar surface area (TPSA) is 27.0 Å². The molecule has 1 fully saturated rings. The van der Waals surface area contributed by atoms with Gasteiger partial charge in [0.2, 0.25) is 0 Å². The molecule has 0 amide bonds. The van der Waals surface area contributed by atoms with Gasteiger partial charge in [-0.2, -0.15) is 14.0 Å². The largest absolute Gasteiger partial charge is 0.285 e. The van der Waals surface area contributed by atoms with Gasteiger partial charge in [0.25, 0.3) is 5.92 Å². The monoisotopic (exact) mass is 236 g/mol. The third-order valence-corrected chi connectivity index (χ3v) is 3.11. The first-order valence-corrected chi connectivity index (χ1v) is 5.70. The molecule has 0 aliphatic carbocycles. The summed E-state index contributed by atoms with van der Waals surface area (Å²) in [6, 6.07) is 9.51. The number of rotatable bonds is 3. The molecule has 17 heavy (non-hydrogen) atoms. The van der Waals surface area contributed by atoms with Gasteiger partial charge in [-0.1, -0.05) is 30.3 Å². The van der Waals surface area contributed by atoms with Crippen LogP contribution in [0.5, 0.6) is 0 Å². The van der Waals surface area contributed by atoms with Crippen molar-refractivity contribution in [2.24, 2.45) is 0 Å². The molecule has 0 radical (unpaired) electrons. The van der Waals surface area contributed by atoms with Crippen LogP contribution < -0.4 is 0 Å². The van der Waals surface area contributed by atoms with Crippen molar-refractivity contribution < 1.29 is 8.78 Å². The maximum atomic E-state index is 14.0. The van der Waals surface area contributed by atoms with Crippen molar-refractivity contribution in [1.29, 1.82) is 5.26 Å². The molecule has 1 aliphatic heterocycles. The van der Waals surface area contributed by atoms with Crippen LogP contribution in [-0.4, -0.2) is 24.0 Å². The summed E-state index contributed by atoms with van der Waals surface area (Å²) in [5.41, 5.74) is 0.0172. The second-order valence-corrected chi connectivity index (χ2v) is 4.33. The maximum Gasteiger partial charge on any atom is 0.285 e. The van der Waals surface area contributed by atoms with E-state index in [1.165, 1.54) is 12.1 Å². The van der Waals surface area contributed by atoms with Gasteiger partial charge >= 0.3 is 0 Å². The molecule has 1 aromatic rings. The Morgan fingerprint density at radius 2 is 2.06 bits per heavy atom. The highest BCUT2D eigenvalue weighted by Crippen LogP contribution is 2.31. The lowest BCUT2D eigenvalue weighted by molar-refractivity contribution is -0.0370. The lowest BCUT2D eigenvalue weighted by atomic mass is 10.1. The van der Waals surface area contributed by atoms with E-state index < -0.39 is 5.92 Å². The van der Waals surface area contributed by atoms with E-state index in [0.717, 1.165) is 6.42 Å². The van der Waals surface area contributed by atoms with E-state index in [1.54, 1.807) is 23.1 Å². The van der Waals surface area contributed by atoms with Gasteiger partial charge < -0.3 is 0 Å². The van der Waals surface area contributed by atoms with Gasteiger partial charge in [0, 0.05) is 5.56 Å². The van der Waals surface area contributed by atoms with Crippen molar-refractivity contribution in [3.05, 3.63) is 35.9 Å². The number of hydrogen-bond acceptors (Lipinski definition) is 2. The molecule has 2 rings (SSSR count). The first kappa shape index (κ1) is 12.0. The Hall–Kier alpha value is -1.47. The van der Waals surface area contributed by atoms with Gasteiger partial charge in [-0.25, -0.2) is 0 Å². The number of hydrogen-bond donors (Lipinski definition) is 0. The van der Waals surface area contributed by atoms with Crippen LogP contribution in [0.15, 0.2) is 30.3 Å². The highest BCUT2D eigenvalue weighted by Gasteiger charge is 2.37. The van der Waals surface area contributed by atoms with Crippen LogP contribution in [0.3, 0.4) is 0 Å². The Morgan fingerprint density at radius 3 is 2.71 bits per heavy atom. The van der Waals surface area contributed by atoms with Gasteiger partial charge in [0.15, 0.2) is 0 Å². The van der Waals surface area contributed by atoms with E-state index in [2.05, 4.69) is 6.07 Å². The minimum Gasteiger partial charge on any atom is -0.282 e. The molecule has 1 saturated heterocycles. The van der Waals surface area contributed by atoms with E-state index in [1.807, 2.05) is 0 Å². The van der Waals surface area contributed by atoms with Crippen molar-refractivity contribution in [3.8, 4) is 6.07 Å². The average molecular weight is 236 g/mol. The predicted molar refractivity (Wildman–Crippen MR) is 60.5 cm³/mol. The van der Waals surface area contributed by atoms with E-state index >= 15 is 0 Å². The lowest BCUT2D eigenvalue weighted by Gasteiger charge is -2.25. The molecule has 2 nitrogen and oxygen atoms in total. The molecule has 0 saturated carbocycles. The predicted octanol–water partition coefficient (Wildman–Crippen LogP) is 2.77. The van der Waals surface area contributed by atoms with Crippen LogP contribution >= 0.6 is 0 Å². The van der Waals surface area contributed by atoms with Crippen LogP contribution in [0.25, 0.3) is 0 Å². The van der Waals surface area contributed by atoms with E-state index in [-0.39, 0.29) is 18.2 Å². The summed E-state index contributed by atoms with van der Waals surface area (Å²) < 4.78 is 27.9. The number of nitriles is 1. The molecule has 0 N–H and O–H groups in total. The van der Waals surface area contributed by atoms with Gasteiger partial charge in [0.1, 0.15) is 0 Å². The lowest BCUT2D eigenvalue weighted by Crippen LogP contribution is -2.37. The van der Waals surface area contributed by atoms with Crippen LogP contribution in [0, 0.1) is 11.3 Å². The Labute approximate surface area is 99.5 Å². The number of likely N-dealkylation sites (tertiary alicyclic amines) is 1. The third-order valence-electron chi connectivity index (χ3n) is 3.11. The molecule has 4 heteroatoms. The van der Waals surface area contributed by atoms with Crippen molar-refractivity contribution >= 4 is 0 Å². The summed E-state index contributed by atoms with van der Waals surface area (Å²) in [6.07, 6.45) is 1.52. The zero-order chi connectivity index (χ0) is 12.3. The number of halogens is 2. The highest BCUT2D eigenvalue weighted by molar-refractivity contribution is 5.20. The zero-order valence-electron chi connectivity index (χ0n) is 9.44. The van der Waals surface area contributed by atoms with Gasteiger partial charge in [0.05, 0.1) is 18.7 Å². The van der Waals surface area contributed by atoms with Crippen LogP contribution in [0.1, 0.15) is 18.4 Å². The van der Waals surface area contributed by atoms with Crippen molar-refractivity contribution in [2.75, 3.05) is 13.1 Å². The molecule has 1 heterocycles. The van der Waals surface area contributed by atoms with Gasteiger partial charge in [-0.15, -0.1) is 0 Å². The Morgan fingerprint density at radius 1 is 1.35 bits per heavy atom. The SMILES string of the molecule is N#CC1CCCN1CC(F)(F)c1ccccc1. The Bertz CT molecular complexity index is 411. The normalized spacial score (nSPS) is 21.4. The average Bonchev–Trinajstić information content (AvgIpc) is 2.77. The summed E-state index contributed by atoms with van der Waals surface area (Å²) >= 11 is 0. The minimum absolute atomic E-state index is 0.0172. The number of benzene rings is 1.